The number of aliphatic imine (C=N–C) groups is 1. The molecule has 2 aliphatic rings. The molecule has 1 fully saturated rings. The number of hydrogen-bond donors (Lipinski definition) is 0. The average molecular weight is 335 g/mol. The van der Waals surface area contributed by atoms with Gasteiger partial charge in [-0.2, -0.15) is 0 Å². The molecule has 0 unspecified atom stereocenters. The number of carbonyl (C=O) groups excluding carboxylic acids is 1. The molecular formula is C22H25NO2. The van der Waals surface area contributed by atoms with Crippen LogP contribution in [-0.4, -0.2) is 23.8 Å². The molecule has 2 aromatic carbocycles. The van der Waals surface area contributed by atoms with E-state index < -0.39 is 0 Å². The normalized spacial score (nSPS) is 25.0. The van der Waals surface area contributed by atoms with E-state index in [2.05, 4.69) is 43.3 Å². The molecule has 1 aliphatic heterocycles. The summed E-state index contributed by atoms with van der Waals surface area (Å²) in [6.45, 7) is 4.53. The minimum atomic E-state index is -0.182. The van der Waals surface area contributed by atoms with Gasteiger partial charge in [0.15, 0.2) is 0 Å². The van der Waals surface area contributed by atoms with Crippen LogP contribution in [0.2, 0.25) is 0 Å². The lowest BCUT2D eigenvalue weighted by molar-refractivity contribution is -0.141. The Morgan fingerprint density at radius 3 is 2.92 bits per heavy atom. The molecule has 1 aliphatic carbocycles. The van der Waals surface area contributed by atoms with Gasteiger partial charge >= 0.3 is 5.97 Å². The maximum atomic E-state index is 12.1. The zero-order chi connectivity index (χ0) is 17.4. The molecule has 3 heteroatoms. The Labute approximate surface area is 149 Å². The molecule has 1 heterocycles. The lowest BCUT2D eigenvalue weighted by Crippen LogP contribution is -2.40. The second kappa shape index (κ2) is 6.29. The third kappa shape index (κ3) is 2.76. The van der Waals surface area contributed by atoms with Crippen molar-refractivity contribution in [3.8, 4) is 0 Å². The molecule has 4 rings (SSSR count). The van der Waals surface area contributed by atoms with Crippen molar-refractivity contribution in [2.75, 3.05) is 6.61 Å². The predicted octanol–water partition coefficient (Wildman–Crippen LogP) is 5.01. The van der Waals surface area contributed by atoms with Crippen LogP contribution in [0.5, 0.6) is 0 Å². The molecule has 0 N–H and O–H groups in total. The van der Waals surface area contributed by atoms with Gasteiger partial charge in [0.25, 0.3) is 0 Å². The number of nitrogens with zero attached hydrogens (tertiary/aromatic N) is 1. The summed E-state index contributed by atoms with van der Waals surface area (Å²) in [5, 5.41) is 2.58. The van der Waals surface area contributed by atoms with Gasteiger partial charge in [-0.15, -0.1) is 0 Å². The Balaban J connectivity index is 1.89. The topological polar surface area (TPSA) is 38.7 Å². The van der Waals surface area contributed by atoms with E-state index in [0.717, 1.165) is 17.7 Å². The lowest BCUT2D eigenvalue weighted by atomic mass is 9.66. The monoisotopic (exact) mass is 335 g/mol. The maximum Gasteiger partial charge on any atom is 0.311 e. The van der Waals surface area contributed by atoms with Crippen LogP contribution in [0.4, 0.5) is 0 Å². The fourth-order valence-corrected chi connectivity index (χ4v) is 4.68. The smallest absolute Gasteiger partial charge is 0.311 e. The molecule has 0 amide bonds. The zero-order valence-electron chi connectivity index (χ0n) is 15.0. The Bertz CT molecular complexity index is 854. The first-order valence-corrected chi connectivity index (χ1v) is 9.39. The fourth-order valence-electron chi connectivity index (χ4n) is 4.68. The highest BCUT2D eigenvalue weighted by molar-refractivity contribution is 6.13. The van der Waals surface area contributed by atoms with Crippen LogP contribution in [0.3, 0.4) is 0 Å². The molecule has 0 bridgehead atoms. The minimum Gasteiger partial charge on any atom is -0.466 e. The molecular weight excluding hydrogens is 310 g/mol. The highest BCUT2D eigenvalue weighted by Gasteiger charge is 2.43. The van der Waals surface area contributed by atoms with Crippen molar-refractivity contribution >= 4 is 22.5 Å². The number of esters is 1. The molecule has 0 aromatic heterocycles. The van der Waals surface area contributed by atoms with Crippen molar-refractivity contribution in [1.29, 1.82) is 0 Å². The largest absolute Gasteiger partial charge is 0.466 e. The third-order valence-corrected chi connectivity index (χ3v) is 5.81. The molecule has 0 saturated heterocycles. The first-order chi connectivity index (χ1) is 12.1. The quantitative estimate of drug-likeness (QED) is 0.739. The molecule has 0 radical (unpaired) electrons. The van der Waals surface area contributed by atoms with Gasteiger partial charge in [0.05, 0.1) is 24.3 Å². The van der Waals surface area contributed by atoms with Gasteiger partial charge in [-0.1, -0.05) is 49.2 Å². The van der Waals surface area contributed by atoms with Crippen LogP contribution >= 0.6 is 0 Å². The van der Waals surface area contributed by atoms with Crippen molar-refractivity contribution in [2.45, 2.75) is 57.4 Å². The summed E-state index contributed by atoms with van der Waals surface area (Å²) in [5.74, 6) is 0.256. The second-order valence-electron chi connectivity index (χ2n) is 7.44. The van der Waals surface area contributed by atoms with Gasteiger partial charge in [-0.3, -0.25) is 9.79 Å². The number of fused-ring (bicyclic) bond motifs is 5. The predicted molar refractivity (Wildman–Crippen MR) is 101 cm³/mol. The van der Waals surface area contributed by atoms with Crippen molar-refractivity contribution < 1.29 is 9.53 Å². The van der Waals surface area contributed by atoms with Crippen LogP contribution in [0.15, 0.2) is 41.4 Å². The Morgan fingerprint density at radius 1 is 1.24 bits per heavy atom. The fraction of sp³-hybridized carbons (Fsp3) is 0.455. The zero-order valence-corrected chi connectivity index (χ0v) is 15.0. The number of benzene rings is 2. The summed E-state index contributed by atoms with van der Waals surface area (Å²) in [4.78, 5) is 17.3. The first kappa shape index (κ1) is 16.3. The minimum absolute atomic E-state index is 0.1000. The van der Waals surface area contributed by atoms with E-state index in [1.807, 2.05) is 6.92 Å². The molecule has 1 saturated carbocycles. The average Bonchev–Trinajstić information content (AvgIpc) is 2.61. The molecule has 2 atom stereocenters. The SMILES string of the molecule is CCOC(=O)CC1=N[C@]2(C)CCCC[C@@H]2c2c1ccc1ccccc21. The van der Waals surface area contributed by atoms with Crippen molar-refractivity contribution in [1.82, 2.24) is 0 Å². The van der Waals surface area contributed by atoms with Crippen molar-refractivity contribution in [3.63, 3.8) is 0 Å². The summed E-state index contributed by atoms with van der Waals surface area (Å²) in [7, 11) is 0. The van der Waals surface area contributed by atoms with Crippen molar-refractivity contribution in [2.24, 2.45) is 4.99 Å². The van der Waals surface area contributed by atoms with Crippen LogP contribution in [-0.2, 0) is 9.53 Å². The van der Waals surface area contributed by atoms with Gasteiger partial charge in [0, 0.05) is 11.5 Å². The Hall–Kier alpha value is -2.16. The van der Waals surface area contributed by atoms with Gasteiger partial charge in [0.2, 0.25) is 0 Å². The van der Waals surface area contributed by atoms with E-state index in [9.17, 15) is 4.79 Å². The van der Waals surface area contributed by atoms with Crippen molar-refractivity contribution in [3.05, 3.63) is 47.5 Å². The highest BCUT2D eigenvalue weighted by atomic mass is 16.5. The number of ether oxygens (including phenoxy) is 1. The summed E-state index contributed by atoms with van der Waals surface area (Å²) in [5.41, 5.74) is 3.35. The van der Waals surface area contributed by atoms with Crippen LogP contribution in [0, 0.1) is 0 Å². The van der Waals surface area contributed by atoms with E-state index in [-0.39, 0.29) is 17.9 Å². The van der Waals surface area contributed by atoms with E-state index in [0.29, 0.717) is 12.5 Å². The number of carbonyl (C=O) groups is 1. The summed E-state index contributed by atoms with van der Waals surface area (Å²) in [6.07, 6.45) is 5.00. The van der Waals surface area contributed by atoms with Gasteiger partial charge in [-0.25, -0.2) is 0 Å². The van der Waals surface area contributed by atoms with Crippen LogP contribution in [0.25, 0.3) is 10.8 Å². The van der Waals surface area contributed by atoms with E-state index in [1.165, 1.54) is 35.6 Å². The summed E-state index contributed by atoms with van der Waals surface area (Å²) in [6, 6.07) is 12.9. The van der Waals surface area contributed by atoms with E-state index in [4.69, 9.17) is 9.73 Å². The Morgan fingerprint density at radius 2 is 2.08 bits per heavy atom. The van der Waals surface area contributed by atoms with Gasteiger partial charge < -0.3 is 4.74 Å². The highest BCUT2D eigenvalue weighted by Crippen LogP contribution is 2.49. The molecule has 3 nitrogen and oxygen atoms in total. The molecule has 130 valence electrons. The first-order valence-electron chi connectivity index (χ1n) is 9.39. The Kier molecular flexibility index (Phi) is 4.10. The van der Waals surface area contributed by atoms with Gasteiger partial charge in [-0.05, 0) is 43.0 Å². The van der Waals surface area contributed by atoms with E-state index >= 15 is 0 Å². The van der Waals surface area contributed by atoms with Gasteiger partial charge in [0.1, 0.15) is 0 Å². The lowest BCUT2D eigenvalue weighted by Gasteiger charge is -2.44. The second-order valence-corrected chi connectivity index (χ2v) is 7.44. The standard InChI is InChI=1S/C22H25NO2/c1-3-25-20(24)14-19-17-12-11-15-8-4-5-9-16(15)21(17)18-10-6-7-13-22(18,2)23-19/h4-5,8-9,11-12,18H,3,6-7,10,13-14H2,1-2H3/t18-,22-/m1/s1. The van der Waals surface area contributed by atoms with Crippen LogP contribution in [0.1, 0.15) is 63.0 Å². The third-order valence-electron chi connectivity index (χ3n) is 5.81. The molecule has 0 spiro atoms. The van der Waals surface area contributed by atoms with E-state index in [1.54, 1.807) is 0 Å². The summed E-state index contributed by atoms with van der Waals surface area (Å²) >= 11 is 0. The summed E-state index contributed by atoms with van der Waals surface area (Å²) < 4.78 is 5.20. The van der Waals surface area contributed by atoms with Crippen LogP contribution < -0.4 is 0 Å². The number of hydrogen-bond acceptors (Lipinski definition) is 3. The number of rotatable bonds is 3. The maximum absolute atomic E-state index is 12.1. The molecule has 25 heavy (non-hydrogen) atoms. The molecule has 2 aromatic rings.